The average Bonchev–Trinajstić information content (AvgIpc) is 3.25. The minimum atomic E-state index is -3.32. The number of aliphatic imine (C=N–C) groups is 1. The molecule has 0 aliphatic heterocycles. The van der Waals surface area contributed by atoms with E-state index in [4.69, 9.17) is 4.74 Å². The monoisotopic (exact) mass is 557 g/mol. The molecule has 31 heavy (non-hydrogen) atoms. The van der Waals surface area contributed by atoms with Crippen LogP contribution in [0.25, 0.3) is 0 Å². The predicted octanol–water partition coefficient (Wildman–Crippen LogP) is 4.07. The van der Waals surface area contributed by atoms with E-state index in [0.29, 0.717) is 23.5 Å². The lowest BCUT2D eigenvalue weighted by Crippen LogP contribution is -2.39. The summed E-state index contributed by atoms with van der Waals surface area (Å²) in [5.74, 6) is 1.47. The van der Waals surface area contributed by atoms with Crippen LogP contribution in [0.5, 0.6) is 5.75 Å². The Labute approximate surface area is 202 Å². The van der Waals surface area contributed by atoms with Gasteiger partial charge < -0.3 is 15.4 Å². The van der Waals surface area contributed by atoms with Crippen LogP contribution in [0.15, 0.2) is 58.4 Å². The first-order chi connectivity index (χ1) is 14.5. The summed E-state index contributed by atoms with van der Waals surface area (Å²) in [4.78, 5) is 4.54. The van der Waals surface area contributed by atoms with Crippen LogP contribution < -0.4 is 15.4 Å². The summed E-state index contributed by atoms with van der Waals surface area (Å²) in [5.41, 5.74) is 2.23. The first kappa shape index (κ1) is 25.5. The number of rotatable bonds is 8. The Morgan fingerprint density at radius 3 is 2.48 bits per heavy atom. The Morgan fingerprint density at radius 1 is 1.10 bits per heavy atom. The molecule has 1 fully saturated rings. The van der Waals surface area contributed by atoms with Crippen molar-refractivity contribution in [1.29, 1.82) is 0 Å². The third kappa shape index (κ3) is 7.68. The van der Waals surface area contributed by atoms with Gasteiger partial charge in [0.15, 0.2) is 15.8 Å². The molecule has 0 unspecified atom stereocenters. The number of nitrogens with one attached hydrogen (secondary N) is 2. The van der Waals surface area contributed by atoms with Crippen molar-refractivity contribution in [2.75, 3.05) is 19.3 Å². The standard InChI is InChI=1S/C23H31N3O3S.HI/c1-18-12-13-19(22(16-18)29-20-8-6-7-9-20)17-26-23(24-2)25-14-15-30(27,28)21-10-4-3-5-11-21;/h3-5,10-13,16,20H,6-9,14-15,17H2,1-2H3,(H2,24,25,26);1H. The zero-order valence-corrected chi connectivity index (χ0v) is 21.3. The van der Waals surface area contributed by atoms with Gasteiger partial charge >= 0.3 is 0 Å². The molecule has 0 amide bonds. The highest BCUT2D eigenvalue weighted by Gasteiger charge is 2.18. The molecule has 1 saturated carbocycles. The third-order valence-corrected chi connectivity index (χ3v) is 6.99. The van der Waals surface area contributed by atoms with Crippen molar-refractivity contribution in [3.05, 3.63) is 59.7 Å². The number of hydrogen-bond donors (Lipinski definition) is 2. The van der Waals surface area contributed by atoms with Gasteiger partial charge in [-0.2, -0.15) is 0 Å². The smallest absolute Gasteiger partial charge is 0.191 e. The molecular weight excluding hydrogens is 525 g/mol. The van der Waals surface area contributed by atoms with Crippen molar-refractivity contribution < 1.29 is 13.2 Å². The maximum absolute atomic E-state index is 12.4. The van der Waals surface area contributed by atoms with Gasteiger partial charge in [0.25, 0.3) is 0 Å². The second-order valence-corrected chi connectivity index (χ2v) is 9.73. The Hall–Kier alpha value is -1.81. The fourth-order valence-corrected chi connectivity index (χ4v) is 4.73. The average molecular weight is 557 g/mol. The number of sulfone groups is 1. The molecule has 6 nitrogen and oxygen atoms in total. The number of guanidine groups is 1. The zero-order valence-electron chi connectivity index (χ0n) is 18.1. The Kier molecular flexibility index (Phi) is 10.1. The number of ether oxygens (including phenoxy) is 1. The van der Waals surface area contributed by atoms with E-state index < -0.39 is 9.84 Å². The molecule has 0 heterocycles. The molecule has 0 spiro atoms. The molecule has 0 atom stereocenters. The van der Waals surface area contributed by atoms with Crippen molar-refractivity contribution in [1.82, 2.24) is 10.6 Å². The van der Waals surface area contributed by atoms with Crippen LogP contribution >= 0.6 is 24.0 Å². The van der Waals surface area contributed by atoms with Crippen LogP contribution in [0.1, 0.15) is 36.8 Å². The first-order valence-electron chi connectivity index (χ1n) is 10.5. The van der Waals surface area contributed by atoms with Crippen molar-refractivity contribution in [2.45, 2.75) is 50.2 Å². The van der Waals surface area contributed by atoms with Crippen LogP contribution in [0.2, 0.25) is 0 Å². The largest absolute Gasteiger partial charge is 0.490 e. The van der Waals surface area contributed by atoms with Crippen molar-refractivity contribution in [2.24, 2.45) is 4.99 Å². The minimum Gasteiger partial charge on any atom is -0.490 e. The quantitative estimate of drug-likeness (QED) is 0.291. The van der Waals surface area contributed by atoms with E-state index >= 15 is 0 Å². The van der Waals surface area contributed by atoms with E-state index in [1.807, 2.05) is 0 Å². The second-order valence-electron chi connectivity index (χ2n) is 7.62. The van der Waals surface area contributed by atoms with E-state index in [2.05, 4.69) is 40.7 Å². The normalized spacial score (nSPS) is 14.7. The molecule has 2 aromatic carbocycles. The van der Waals surface area contributed by atoms with E-state index in [1.165, 1.54) is 18.4 Å². The summed E-state index contributed by atoms with van der Waals surface area (Å²) in [6.07, 6.45) is 4.98. The molecule has 170 valence electrons. The predicted molar refractivity (Wildman–Crippen MR) is 136 cm³/mol. The molecule has 3 rings (SSSR count). The van der Waals surface area contributed by atoms with Gasteiger partial charge in [0.2, 0.25) is 0 Å². The van der Waals surface area contributed by atoms with Crippen LogP contribution in [-0.2, 0) is 16.4 Å². The highest BCUT2D eigenvalue weighted by Crippen LogP contribution is 2.27. The molecule has 0 aromatic heterocycles. The fraction of sp³-hybridized carbons (Fsp3) is 0.435. The van der Waals surface area contributed by atoms with Crippen molar-refractivity contribution in [3.8, 4) is 5.75 Å². The van der Waals surface area contributed by atoms with Gasteiger partial charge in [-0.25, -0.2) is 8.42 Å². The van der Waals surface area contributed by atoms with E-state index in [1.54, 1.807) is 37.4 Å². The molecule has 1 aliphatic carbocycles. The number of nitrogens with zero attached hydrogens (tertiary/aromatic N) is 1. The van der Waals surface area contributed by atoms with Gasteiger partial charge in [-0.15, -0.1) is 24.0 Å². The third-order valence-electron chi connectivity index (χ3n) is 5.25. The van der Waals surface area contributed by atoms with Crippen LogP contribution in [0.4, 0.5) is 0 Å². The van der Waals surface area contributed by atoms with Gasteiger partial charge in [-0.1, -0.05) is 30.3 Å². The molecule has 8 heteroatoms. The SMILES string of the molecule is CN=C(NCCS(=O)(=O)c1ccccc1)NCc1ccc(C)cc1OC1CCCC1.I. The summed E-state index contributed by atoms with van der Waals surface area (Å²) in [7, 11) is -1.65. The summed E-state index contributed by atoms with van der Waals surface area (Å²) in [6, 6.07) is 14.7. The summed E-state index contributed by atoms with van der Waals surface area (Å²) >= 11 is 0. The van der Waals surface area contributed by atoms with Gasteiger partial charge in [0.05, 0.1) is 16.8 Å². The lowest BCUT2D eigenvalue weighted by atomic mass is 10.1. The van der Waals surface area contributed by atoms with Gasteiger partial charge in [0, 0.05) is 25.7 Å². The first-order valence-corrected chi connectivity index (χ1v) is 12.1. The highest BCUT2D eigenvalue weighted by molar-refractivity contribution is 14.0. The molecule has 1 aliphatic rings. The fourth-order valence-electron chi connectivity index (χ4n) is 3.55. The van der Waals surface area contributed by atoms with Crippen LogP contribution in [0.3, 0.4) is 0 Å². The zero-order chi connectivity index (χ0) is 21.4. The van der Waals surface area contributed by atoms with Gasteiger partial charge in [0.1, 0.15) is 5.75 Å². The van der Waals surface area contributed by atoms with Gasteiger partial charge in [-0.3, -0.25) is 4.99 Å². The Balaban J connectivity index is 0.00000341. The number of hydrogen-bond acceptors (Lipinski definition) is 4. The Bertz CT molecular complexity index is 959. The van der Waals surface area contributed by atoms with Gasteiger partial charge in [-0.05, 0) is 56.4 Å². The molecule has 0 radical (unpaired) electrons. The van der Waals surface area contributed by atoms with E-state index in [0.717, 1.165) is 24.2 Å². The number of aryl methyl sites for hydroxylation is 1. The topological polar surface area (TPSA) is 79.8 Å². The minimum absolute atomic E-state index is 0. The lowest BCUT2D eigenvalue weighted by Gasteiger charge is -2.18. The molecule has 2 aromatic rings. The molecular formula is C23H32IN3O3S. The summed E-state index contributed by atoms with van der Waals surface area (Å²) in [5, 5.41) is 6.35. The van der Waals surface area contributed by atoms with Crippen LogP contribution in [-0.4, -0.2) is 39.8 Å². The molecule has 0 bridgehead atoms. The molecule has 2 N–H and O–H groups in total. The van der Waals surface area contributed by atoms with Crippen molar-refractivity contribution in [3.63, 3.8) is 0 Å². The Morgan fingerprint density at radius 2 is 1.81 bits per heavy atom. The summed E-state index contributed by atoms with van der Waals surface area (Å²) < 4.78 is 31.1. The maximum Gasteiger partial charge on any atom is 0.191 e. The maximum atomic E-state index is 12.4. The van der Waals surface area contributed by atoms with E-state index in [9.17, 15) is 8.42 Å². The number of benzene rings is 2. The number of halogens is 1. The second kappa shape index (κ2) is 12.3. The summed E-state index contributed by atoms with van der Waals surface area (Å²) in [6.45, 7) is 2.88. The van der Waals surface area contributed by atoms with E-state index in [-0.39, 0.29) is 36.3 Å². The van der Waals surface area contributed by atoms with Crippen molar-refractivity contribution >= 4 is 39.8 Å². The highest BCUT2D eigenvalue weighted by atomic mass is 127. The molecule has 0 saturated heterocycles. The lowest BCUT2D eigenvalue weighted by molar-refractivity contribution is 0.207. The van der Waals surface area contributed by atoms with Crippen LogP contribution in [0, 0.1) is 6.92 Å².